The monoisotopic (exact) mass is 413 g/mol. The quantitative estimate of drug-likeness (QED) is 0.365. The minimum absolute atomic E-state index is 0.416. The number of aromatic nitrogens is 3. The topological polar surface area (TPSA) is 60.9 Å². The minimum Gasteiger partial charge on any atom is -0.423 e. The molecule has 4 rings (SSSR count). The summed E-state index contributed by atoms with van der Waals surface area (Å²) in [6.07, 6.45) is 1.84. The van der Waals surface area contributed by atoms with E-state index in [0.717, 1.165) is 15.6 Å². The lowest BCUT2D eigenvalue weighted by Crippen LogP contribution is -2.04. The van der Waals surface area contributed by atoms with Gasteiger partial charge in [-0.05, 0) is 30.3 Å². The van der Waals surface area contributed by atoms with Crippen LogP contribution < -0.4 is 5.63 Å². The van der Waals surface area contributed by atoms with Gasteiger partial charge in [0, 0.05) is 20.5 Å². The van der Waals surface area contributed by atoms with Crippen LogP contribution in [0.3, 0.4) is 0 Å². The van der Waals surface area contributed by atoms with E-state index in [4.69, 9.17) is 4.42 Å². The molecule has 0 unspecified atom stereocenters. The Morgan fingerprint density at radius 2 is 1.96 bits per heavy atom. The largest absolute Gasteiger partial charge is 0.423 e. The van der Waals surface area contributed by atoms with E-state index in [0.29, 0.717) is 17.0 Å². The summed E-state index contributed by atoms with van der Waals surface area (Å²) in [4.78, 5) is 13.0. The molecule has 0 saturated heterocycles. The first-order chi connectivity index (χ1) is 12.2. The molecule has 25 heavy (non-hydrogen) atoms. The van der Waals surface area contributed by atoms with Crippen molar-refractivity contribution >= 4 is 38.7 Å². The Labute approximate surface area is 155 Å². The molecule has 2 aromatic carbocycles. The van der Waals surface area contributed by atoms with Crippen molar-refractivity contribution in [2.75, 3.05) is 0 Å². The Morgan fingerprint density at radius 1 is 1.12 bits per heavy atom. The van der Waals surface area contributed by atoms with Crippen molar-refractivity contribution in [2.45, 2.75) is 10.6 Å². The fourth-order valence-electron chi connectivity index (χ4n) is 2.46. The lowest BCUT2D eigenvalue weighted by molar-refractivity contribution is 0.559. The zero-order chi connectivity index (χ0) is 17.2. The van der Waals surface area contributed by atoms with Gasteiger partial charge in [0.2, 0.25) is 0 Å². The summed E-state index contributed by atoms with van der Waals surface area (Å²) in [5, 5.41) is 9.18. The molecule has 2 heterocycles. The van der Waals surface area contributed by atoms with Crippen LogP contribution in [-0.2, 0) is 5.75 Å². The van der Waals surface area contributed by atoms with Crippen molar-refractivity contribution in [1.82, 2.24) is 15.0 Å². The van der Waals surface area contributed by atoms with E-state index in [1.807, 2.05) is 36.5 Å². The van der Waals surface area contributed by atoms with Gasteiger partial charge in [-0.3, -0.25) is 0 Å². The van der Waals surface area contributed by atoms with E-state index in [-0.39, 0.29) is 0 Å². The molecule has 0 amide bonds. The molecule has 0 aliphatic heterocycles. The SMILES string of the molecule is O=c1cc(-n2cc(CSc3ccccc3)nn2)c2cc(Br)ccc2o1. The molecule has 0 fully saturated rings. The van der Waals surface area contributed by atoms with Gasteiger partial charge >= 0.3 is 5.63 Å². The number of thioether (sulfide) groups is 1. The maximum absolute atomic E-state index is 11.8. The van der Waals surface area contributed by atoms with Gasteiger partial charge in [-0.25, -0.2) is 9.48 Å². The van der Waals surface area contributed by atoms with Gasteiger partial charge in [-0.2, -0.15) is 0 Å². The fourth-order valence-corrected chi connectivity index (χ4v) is 3.62. The van der Waals surface area contributed by atoms with E-state index < -0.39 is 5.63 Å². The first-order valence-corrected chi connectivity index (χ1v) is 9.30. The molecule has 0 N–H and O–H groups in total. The standard InChI is InChI=1S/C18H12BrN3O2S/c19-12-6-7-17-15(8-12)16(9-18(23)24-17)22-10-13(20-21-22)11-25-14-4-2-1-3-5-14/h1-10H,11H2. The maximum Gasteiger partial charge on any atom is 0.338 e. The summed E-state index contributed by atoms with van der Waals surface area (Å²) >= 11 is 5.13. The second kappa shape index (κ2) is 6.85. The molecule has 0 radical (unpaired) electrons. The molecule has 0 bridgehead atoms. The Bertz CT molecular complexity index is 1090. The Balaban J connectivity index is 1.67. The predicted octanol–water partition coefficient (Wildman–Crippen LogP) is 4.43. The molecule has 4 aromatic rings. The second-order valence-electron chi connectivity index (χ2n) is 5.35. The summed E-state index contributed by atoms with van der Waals surface area (Å²) in [5.74, 6) is 0.701. The average Bonchev–Trinajstić information content (AvgIpc) is 3.09. The van der Waals surface area contributed by atoms with Crippen LogP contribution in [-0.4, -0.2) is 15.0 Å². The molecular weight excluding hydrogens is 402 g/mol. The number of benzene rings is 2. The van der Waals surface area contributed by atoms with Crippen molar-refractivity contribution in [1.29, 1.82) is 0 Å². The van der Waals surface area contributed by atoms with Gasteiger partial charge < -0.3 is 4.42 Å². The molecule has 0 aliphatic rings. The normalized spacial score (nSPS) is 11.1. The van der Waals surface area contributed by atoms with Crippen LogP contribution in [0.1, 0.15) is 5.69 Å². The first-order valence-electron chi connectivity index (χ1n) is 7.52. The summed E-state index contributed by atoms with van der Waals surface area (Å²) in [7, 11) is 0. The van der Waals surface area contributed by atoms with Crippen molar-refractivity contribution in [3.05, 3.63) is 81.4 Å². The third kappa shape index (κ3) is 3.52. The maximum atomic E-state index is 11.8. The van der Waals surface area contributed by atoms with Gasteiger partial charge in [-0.1, -0.05) is 39.3 Å². The van der Waals surface area contributed by atoms with Crippen LogP contribution >= 0.6 is 27.7 Å². The zero-order valence-electron chi connectivity index (χ0n) is 12.9. The van der Waals surface area contributed by atoms with Gasteiger partial charge in [-0.15, -0.1) is 16.9 Å². The van der Waals surface area contributed by atoms with Gasteiger partial charge in [0.15, 0.2) is 0 Å². The lowest BCUT2D eigenvalue weighted by Gasteiger charge is -2.04. The van der Waals surface area contributed by atoms with E-state index >= 15 is 0 Å². The fraction of sp³-hybridized carbons (Fsp3) is 0.0556. The molecule has 0 spiro atoms. The number of halogens is 1. The predicted molar refractivity (Wildman–Crippen MR) is 101 cm³/mol. The Hall–Kier alpha value is -2.38. The van der Waals surface area contributed by atoms with Crippen LogP contribution in [0, 0.1) is 0 Å². The molecule has 0 aliphatic carbocycles. The molecule has 0 atom stereocenters. The van der Waals surface area contributed by atoms with E-state index in [9.17, 15) is 4.79 Å². The highest BCUT2D eigenvalue weighted by atomic mass is 79.9. The third-order valence-electron chi connectivity index (χ3n) is 3.60. The van der Waals surface area contributed by atoms with Crippen LogP contribution in [0.5, 0.6) is 0 Å². The van der Waals surface area contributed by atoms with Crippen molar-refractivity contribution in [2.24, 2.45) is 0 Å². The first kappa shape index (κ1) is 16.1. The summed E-state index contributed by atoms with van der Waals surface area (Å²) in [6, 6.07) is 17.0. The third-order valence-corrected chi connectivity index (χ3v) is 5.14. The lowest BCUT2D eigenvalue weighted by atomic mass is 10.2. The molecule has 0 saturated carbocycles. The van der Waals surface area contributed by atoms with Gasteiger partial charge in [0.25, 0.3) is 0 Å². The smallest absolute Gasteiger partial charge is 0.338 e. The van der Waals surface area contributed by atoms with Crippen LogP contribution in [0.2, 0.25) is 0 Å². The highest BCUT2D eigenvalue weighted by Crippen LogP contribution is 2.25. The molecule has 7 heteroatoms. The van der Waals surface area contributed by atoms with Crippen LogP contribution in [0.4, 0.5) is 0 Å². The molecular formula is C18H12BrN3O2S. The van der Waals surface area contributed by atoms with Gasteiger partial charge in [0.1, 0.15) is 5.58 Å². The number of hydrogen-bond acceptors (Lipinski definition) is 5. The average molecular weight is 414 g/mol. The number of rotatable bonds is 4. The summed E-state index contributed by atoms with van der Waals surface area (Å²) < 4.78 is 7.76. The van der Waals surface area contributed by atoms with E-state index in [1.165, 1.54) is 11.0 Å². The highest BCUT2D eigenvalue weighted by Gasteiger charge is 2.11. The van der Waals surface area contributed by atoms with Gasteiger partial charge in [0.05, 0.1) is 23.6 Å². The number of nitrogens with zero attached hydrogens (tertiary/aromatic N) is 3. The highest BCUT2D eigenvalue weighted by molar-refractivity contribution is 9.10. The molecule has 124 valence electrons. The van der Waals surface area contributed by atoms with Crippen LogP contribution in [0.25, 0.3) is 16.7 Å². The van der Waals surface area contributed by atoms with E-state index in [1.54, 1.807) is 22.5 Å². The number of hydrogen-bond donors (Lipinski definition) is 0. The summed E-state index contributed by atoms with van der Waals surface area (Å²) in [6.45, 7) is 0. The Kier molecular flexibility index (Phi) is 4.42. The van der Waals surface area contributed by atoms with Crippen molar-refractivity contribution in [3.63, 3.8) is 0 Å². The minimum atomic E-state index is -0.416. The zero-order valence-corrected chi connectivity index (χ0v) is 15.3. The summed E-state index contributed by atoms with van der Waals surface area (Å²) in [5.41, 5.74) is 1.59. The Morgan fingerprint density at radius 3 is 2.80 bits per heavy atom. The van der Waals surface area contributed by atoms with Crippen LogP contribution in [0.15, 0.2) is 79.4 Å². The number of fused-ring (bicyclic) bond motifs is 1. The van der Waals surface area contributed by atoms with Crippen molar-refractivity contribution < 1.29 is 4.42 Å². The molecule has 5 nitrogen and oxygen atoms in total. The van der Waals surface area contributed by atoms with Crippen molar-refractivity contribution in [3.8, 4) is 5.69 Å². The second-order valence-corrected chi connectivity index (χ2v) is 7.31. The van der Waals surface area contributed by atoms with E-state index in [2.05, 4.69) is 38.4 Å². The molecule has 2 aromatic heterocycles.